The molecule has 0 unspecified atom stereocenters. The van der Waals surface area contributed by atoms with Crippen molar-refractivity contribution in [2.45, 2.75) is 33.1 Å². The van der Waals surface area contributed by atoms with Gasteiger partial charge in [0.05, 0.1) is 0 Å². The molecule has 0 radical (unpaired) electrons. The summed E-state index contributed by atoms with van der Waals surface area (Å²) in [5.41, 5.74) is 4.15. The lowest BCUT2D eigenvalue weighted by Crippen LogP contribution is -2.19. The van der Waals surface area contributed by atoms with Crippen LogP contribution in [0.2, 0.25) is 0 Å². The number of rotatable bonds is 4. The van der Waals surface area contributed by atoms with Crippen LogP contribution in [-0.2, 0) is 5.41 Å². The average molecular weight is 360 g/mol. The molecule has 138 valence electrons. The van der Waals surface area contributed by atoms with Crippen LogP contribution in [0.25, 0.3) is 0 Å². The van der Waals surface area contributed by atoms with Crippen molar-refractivity contribution in [3.63, 3.8) is 0 Å². The van der Waals surface area contributed by atoms with Gasteiger partial charge in [0.2, 0.25) is 5.95 Å². The minimum atomic E-state index is -0.263. The Kier molecular flexibility index (Phi) is 5.21. The van der Waals surface area contributed by atoms with Gasteiger partial charge >= 0.3 is 0 Å². The van der Waals surface area contributed by atoms with Crippen LogP contribution in [0.4, 0.5) is 17.3 Å². The normalized spacial score (nSPS) is 11.1. The summed E-state index contributed by atoms with van der Waals surface area (Å²) >= 11 is 0. The summed E-state index contributed by atoms with van der Waals surface area (Å²) in [6, 6.07) is 17.3. The summed E-state index contributed by atoms with van der Waals surface area (Å²) in [5.74, 6) is 0.122. The van der Waals surface area contributed by atoms with Crippen molar-refractivity contribution in [2.24, 2.45) is 0 Å². The minimum absolute atomic E-state index is 0.0757. The fraction of sp³-hybridized carbons (Fsp3) is 0.227. The number of carbonyl (C=O) groups is 1. The van der Waals surface area contributed by atoms with E-state index < -0.39 is 0 Å². The highest BCUT2D eigenvalue weighted by Gasteiger charge is 2.19. The first-order chi connectivity index (χ1) is 12.8. The molecule has 0 saturated heterocycles. The van der Waals surface area contributed by atoms with Gasteiger partial charge in [0.1, 0.15) is 5.69 Å². The second-order valence-electron chi connectivity index (χ2n) is 7.51. The van der Waals surface area contributed by atoms with Crippen LogP contribution in [0.1, 0.15) is 42.4 Å². The molecule has 5 heteroatoms. The van der Waals surface area contributed by atoms with E-state index in [1.807, 2.05) is 55.5 Å². The second-order valence-corrected chi connectivity index (χ2v) is 7.51. The van der Waals surface area contributed by atoms with E-state index in [4.69, 9.17) is 0 Å². The summed E-state index contributed by atoms with van der Waals surface area (Å²) in [7, 11) is 0. The van der Waals surface area contributed by atoms with Crippen molar-refractivity contribution in [3.8, 4) is 0 Å². The highest BCUT2D eigenvalue weighted by atomic mass is 16.1. The monoisotopic (exact) mass is 360 g/mol. The van der Waals surface area contributed by atoms with Gasteiger partial charge in [-0.25, -0.2) is 9.97 Å². The van der Waals surface area contributed by atoms with Crippen LogP contribution in [0, 0.1) is 6.92 Å². The highest BCUT2D eigenvalue weighted by molar-refractivity contribution is 6.03. The molecule has 0 aliphatic rings. The fourth-order valence-electron chi connectivity index (χ4n) is 2.74. The van der Waals surface area contributed by atoms with Gasteiger partial charge in [-0.2, -0.15) is 0 Å². The van der Waals surface area contributed by atoms with Crippen molar-refractivity contribution in [1.29, 1.82) is 0 Å². The molecule has 0 aliphatic carbocycles. The molecule has 1 amide bonds. The molecule has 1 heterocycles. The molecule has 2 aromatic carbocycles. The van der Waals surface area contributed by atoms with Gasteiger partial charge in [0.15, 0.2) is 0 Å². The molecule has 0 spiro atoms. The van der Waals surface area contributed by atoms with E-state index in [-0.39, 0.29) is 11.3 Å². The Hall–Kier alpha value is -3.21. The molecule has 0 bridgehead atoms. The van der Waals surface area contributed by atoms with E-state index >= 15 is 0 Å². The lowest BCUT2D eigenvalue weighted by atomic mass is 9.86. The second kappa shape index (κ2) is 7.58. The molecule has 27 heavy (non-hydrogen) atoms. The summed E-state index contributed by atoms with van der Waals surface area (Å²) in [6.45, 7) is 8.38. The molecular weight excluding hydrogens is 336 g/mol. The third-order valence-electron chi connectivity index (χ3n) is 4.18. The number of amides is 1. The highest BCUT2D eigenvalue weighted by Crippen LogP contribution is 2.29. The van der Waals surface area contributed by atoms with E-state index in [0.717, 1.165) is 16.9 Å². The SMILES string of the molecule is Cc1ccc(Nc2nccc(C(=O)Nc3ccccc3C(C)(C)C)n2)cc1. The lowest BCUT2D eigenvalue weighted by molar-refractivity contribution is 0.102. The summed E-state index contributed by atoms with van der Waals surface area (Å²) < 4.78 is 0. The van der Waals surface area contributed by atoms with E-state index in [1.54, 1.807) is 12.3 Å². The Labute approximate surface area is 159 Å². The lowest BCUT2D eigenvalue weighted by Gasteiger charge is -2.22. The molecule has 0 atom stereocenters. The number of anilines is 3. The Balaban J connectivity index is 1.79. The van der Waals surface area contributed by atoms with Gasteiger partial charge < -0.3 is 10.6 Å². The summed E-state index contributed by atoms with van der Waals surface area (Å²) in [6.07, 6.45) is 1.58. The van der Waals surface area contributed by atoms with Crippen LogP contribution < -0.4 is 10.6 Å². The zero-order chi connectivity index (χ0) is 19.4. The van der Waals surface area contributed by atoms with Gasteiger partial charge in [-0.1, -0.05) is 56.7 Å². The minimum Gasteiger partial charge on any atom is -0.324 e. The predicted octanol–water partition coefficient (Wildman–Crippen LogP) is 5.08. The maximum atomic E-state index is 12.7. The predicted molar refractivity (Wildman–Crippen MR) is 110 cm³/mol. The van der Waals surface area contributed by atoms with E-state index in [0.29, 0.717) is 11.6 Å². The molecule has 3 rings (SSSR count). The third-order valence-corrected chi connectivity index (χ3v) is 4.18. The van der Waals surface area contributed by atoms with E-state index in [9.17, 15) is 4.79 Å². The number of carbonyl (C=O) groups excluding carboxylic acids is 1. The maximum Gasteiger partial charge on any atom is 0.274 e. The van der Waals surface area contributed by atoms with Gasteiger partial charge in [-0.05, 0) is 42.2 Å². The maximum absolute atomic E-state index is 12.7. The molecule has 0 aliphatic heterocycles. The fourth-order valence-corrected chi connectivity index (χ4v) is 2.74. The van der Waals surface area contributed by atoms with E-state index in [2.05, 4.69) is 41.4 Å². The van der Waals surface area contributed by atoms with Crippen molar-refractivity contribution < 1.29 is 4.79 Å². The number of benzene rings is 2. The number of aromatic nitrogens is 2. The zero-order valence-corrected chi connectivity index (χ0v) is 16.1. The van der Waals surface area contributed by atoms with Gasteiger partial charge in [-0.15, -0.1) is 0 Å². The number of hydrogen-bond donors (Lipinski definition) is 2. The van der Waals surface area contributed by atoms with Crippen LogP contribution >= 0.6 is 0 Å². The Bertz CT molecular complexity index is 943. The van der Waals surface area contributed by atoms with Gasteiger partial charge in [-0.3, -0.25) is 4.79 Å². The van der Waals surface area contributed by atoms with Crippen molar-refractivity contribution in [1.82, 2.24) is 9.97 Å². The summed E-state index contributed by atoms with van der Waals surface area (Å²) in [4.78, 5) is 21.3. The largest absolute Gasteiger partial charge is 0.324 e. The number of nitrogens with zero attached hydrogens (tertiary/aromatic N) is 2. The van der Waals surface area contributed by atoms with Crippen molar-refractivity contribution in [3.05, 3.63) is 77.6 Å². The van der Waals surface area contributed by atoms with Gasteiger partial charge in [0, 0.05) is 17.6 Å². The number of hydrogen-bond acceptors (Lipinski definition) is 4. The average Bonchev–Trinajstić information content (AvgIpc) is 2.63. The topological polar surface area (TPSA) is 66.9 Å². The van der Waals surface area contributed by atoms with Crippen LogP contribution in [-0.4, -0.2) is 15.9 Å². The first-order valence-corrected chi connectivity index (χ1v) is 8.90. The van der Waals surface area contributed by atoms with Crippen LogP contribution in [0.3, 0.4) is 0 Å². The quantitative estimate of drug-likeness (QED) is 0.681. The molecule has 1 aromatic heterocycles. The number of para-hydroxylation sites is 1. The Morgan fingerprint density at radius 1 is 0.963 bits per heavy atom. The molecule has 0 saturated carbocycles. The van der Waals surface area contributed by atoms with E-state index in [1.165, 1.54) is 5.56 Å². The van der Waals surface area contributed by atoms with Crippen molar-refractivity contribution in [2.75, 3.05) is 10.6 Å². The zero-order valence-electron chi connectivity index (χ0n) is 16.1. The number of aryl methyl sites for hydroxylation is 1. The molecular formula is C22H24N4O. The molecule has 2 N–H and O–H groups in total. The third kappa shape index (κ3) is 4.70. The van der Waals surface area contributed by atoms with Crippen LogP contribution in [0.5, 0.6) is 0 Å². The molecule has 3 aromatic rings. The Morgan fingerprint density at radius 2 is 1.67 bits per heavy atom. The van der Waals surface area contributed by atoms with Crippen LogP contribution in [0.15, 0.2) is 60.8 Å². The first-order valence-electron chi connectivity index (χ1n) is 8.90. The molecule has 5 nitrogen and oxygen atoms in total. The Morgan fingerprint density at radius 3 is 2.37 bits per heavy atom. The van der Waals surface area contributed by atoms with Gasteiger partial charge in [0.25, 0.3) is 5.91 Å². The standard InChI is InChI=1S/C22H24N4O/c1-15-9-11-16(12-10-15)24-21-23-14-13-19(26-21)20(27)25-18-8-6-5-7-17(18)22(2,3)4/h5-14H,1-4H3,(H,25,27)(H,23,24,26). The first kappa shape index (κ1) is 18.6. The van der Waals surface area contributed by atoms with Crippen molar-refractivity contribution >= 4 is 23.2 Å². The summed E-state index contributed by atoms with van der Waals surface area (Å²) in [5, 5.41) is 6.10. The number of nitrogens with one attached hydrogen (secondary N) is 2. The molecule has 0 fully saturated rings. The smallest absolute Gasteiger partial charge is 0.274 e.